The van der Waals surface area contributed by atoms with E-state index in [4.69, 9.17) is 5.73 Å². The first-order valence-electron chi connectivity index (χ1n) is 2.66. The summed E-state index contributed by atoms with van der Waals surface area (Å²) < 4.78 is 0. The highest BCUT2D eigenvalue weighted by molar-refractivity contribution is 5.20. The normalized spacial score (nSPS) is 9.44. The molecule has 0 saturated carbocycles. The van der Waals surface area contributed by atoms with Crippen molar-refractivity contribution >= 4 is 0 Å². The number of allylic oxidation sites excluding steroid dienone is 2. The fourth-order valence-corrected chi connectivity index (χ4v) is 0.291. The Morgan fingerprint density at radius 2 is 2.00 bits per heavy atom. The van der Waals surface area contributed by atoms with Crippen molar-refractivity contribution < 1.29 is 0 Å². The molecule has 0 heterocycles. The zero-order chi connectivity index (χ0) is 7.28. The fraction of sp³-hybridized carbons (Fsp3) is 0.143. The van der Waals surface area contributed by atoms with Crippen molar-refractivity contribution in [2.75, 3.05) is 7.05 Å². The summed E-state index contributed by atoms with van der Waals surface area (Å²) >= 11 is 0. The minimum Gasteiger partial charge on any atom is -0.399 e. The van der Waals surface area contributed by atoms with Gasteiger partial charge in [-0.1, -0.05) is 13.2 Å². The monoisotopic (exact) mass is 124 g/mol. The van der Waals surface area contributed by atoms with Crippen LogP contribution in [0.2, 0.25) is 0 Å². The van der Waals surface area contributed by atoms with E-state index in [9.17, 15) is 0 Å². The third-order valence-corrected chi connectivity index (χ3v) is 0.820. The van der Waals surface area contributed by atoms with Crippen molar-refractivity contribution in [1.29, 1.82) is 0 Å². The van der Waals surface area contributed by atoms with E-state index in [1.165, 1.54) is 0 Å². The molecule has 0 aliphatic rings. The summed E-state index contributed by atoms with van der Waals surface area (Å²) in [5.41, 5.74) is 6.60. The second-order valence-electron chi connectivity index (χ2n) is 1.68. The summed E-state index contributed by atoms with van der Waals surface area (Å²) in [6.07, 6.45) is 3.46. The fourth-order valence-electron chi connectivity index (χ4n) is 0.291. The average Bonchev–Trinajstić information content (AvgIpc) is 1.83. The maximum Gasteiger partial charge on any atom is 0.0265 e. The van der Waals surface area contributed by atoms with Crippen molar-refractivity contribution in [3.8, 4) is 0 Å². The lowest BCUT2D eigenvalue weighted by Gasteiger charge is -1.94. The smallest absolute Gasteiger partial charge is 0.0265 e. The van der Waals surface area contributed by atoms with Crippen LogP contribution in [-0.4, -0.2) is 7.05 Å². The Morgan fingerprint density at radius 1 is 1.44 bits per heavy atom. The Balaban J connectivity index is 3.71. The minimum absolute atomic E-state index is 0.534. The number of hydrogen-bond donors (Lipinski definition) is 2. The molecule has 2 heteroatoms. The van der Waals surface area contributed by atoms with Gasteiger partial charge in [0.1, 0.15) is 0 Å². The Hall–Kier alpha value is -1.18. The third-order valence-electron chi connectivity index (χ3n) is 0.820. The van der Waals surface area contributed by atoms with E-state index in [1.807, 2.05) is 0 Å². The molecule has 2 nitrogen and oxygen atoms in total. The summed E-state index contributed by atoms with van der Waals surface area (Å²) in [5.74, 6) is 0. The minimum atomic E-state index is 0.534. The van der Waals surface area contributed by atoms with Crippen LogP contribution in [0.4, 0.5) is 0 Å². The summed E-state index contributed by atoms with van der Waals surface area (Å²) in [4.78, 5) is 0. The van der Waals surface area contributed by atoms with Crippen LogP contribution in [-0.2, 0) is 0 Å². The Kier molecular flexibility index (Phi) is 3.28. The molecule has 0 rings (SSSR count). The van der Waals surface area contributed by atoms with E-state index in [0.717, 1.165) is 5.70 Å². The summed E-state index contributed by atoms with van der Waals surface area (Å²) in [6, 6.07) is 0. The number of hydrogen-bond acceptors (Lipinski definition) is 2. The van der Waals surface area contributed by atoms with Crippen LogP contribution in [0.3, 0.4) is 0 Å². The van der Waals surface area contributed by atoms with E-state index in [-0.39, 0.29) is 0 Å². The van der Waals surface area contributed by atoms with Gasteiger partial charge in [0, 0.05) is 18.4 Å². The molecule has 0 radical (unpaired) electrons. The van der Waals surface area contributed by atoms with Crippen molar-refractivity contribution in [2.45, 2.75) is 0 Å². The largest absolute Gasteiger partial charge is 0.399 e. The first kappa shape index (κ1) is 7.82. The summed E-state index contributed by atoms with van der Waals surface area (Å²) in [7, 11) is 1.80. The van der Waals surface area contributed by atoms with Gasteiger partial charge in [-0.3, -0.25) is 0 Å². The number of nitrogens with two attached hydrogens (primary N) is 1. The molecule has 50 valence electrons. The summed E-state index contributed by atoms with van der Waals surface area (Å²) in [5, 5.41) is 2.84. The van der Waals surface area contributed by atoms with Gasteiger partial charge in [-0.25, -0.2) is 0 Å². The summed E-state index contributed by atoms with van der Waals surface area (Å²) in [6.45, 7) is 7.13. The van der Waals surface area contributed by atoms with E-state index in [0.29, 0.717) is 5.70 Å². The quantitative estimate of drug-likeness (QED) is 0.545. The molecule has 0 saturated heterocycles. The van der Waals surface area contributed by atoms with E-state index < -0.39 is 0 Å². The molecule has 3 N–H and O–H groups in total. The van der Waals surface area contributed by atoms with Crippen LogP contribution in [0.5, 0.6) is 0 Å². The van der Waals surface area contributed by atoms with Crippen molar-refractivity contribution in [3.05, 3.63) is 36.7 Å². The molecular formula is C7H12N2. The maximum absolute atomic E-state index is 5.25. The third kappa shape index (κ3) is 4.68. The SMILES string of the molecule is C=C(N)/C=C\C(=C)NC. The second kappa shape index (κ2) is 3.78. The van der Waals surface area contributed by atoms with Gasteiger partial charge in [0.25, 0.3) is 0 Å². The van der Waals surface area contributed by atoms with Crippen LogP contribution >= 0.6 is 0 Å². The van der Waals surface area contributed by atoms with Gasteiger partial charge >= 0.3 is 0 Å². The van der Waals surface area contributed by atoms with Crippen molar-refractivity contribution in [1.82, 2.24) is 5.32 Å². The van der Waals surface area contributed by atoms with Gasteiger partial charge in [-0.05, 0) is 12.2 Å². The highest BCUT2D eigenvalue weighted by atomic mass is 14.8. The highest BCUT2D eigenvalue weighted by Gasteiger charge is 1.77. The number of nitrogens with one attached hydrogen (secondary N) is 1. The van der Waals surface area contributed by atoms with Crippen LogP contribution < -0.4 is 11.1 Å². The lowest BCUT2D eigenvalue weighted by molar-refractivity contribution is 1.04. The lowest BCUT2D eigenvalue weighted by Crippen LogP contribution is -2.01. The topological polar surface area (TPSA) is 38.0 Å². The first-order chi connectivity index (χ1) is 4.16. The molecule has 0 amide bonds. The standard InChI is InChI=1S/C7H12N2/c1-6(8)4-5-7(2)9-3/h4-5,9H,1-2,8H2,3H3/b5-4-. The van der Waals surface area contributed by atoms with Gasteiger partial charge in [0.2, 0.25) is 0 Å². The van der Waals surface area contributed by atoms with Crippen molar-refractivity contribution in [3.63, 3.8) is 0 Å². The van der Waals surface area contributed by atoms with Gasteiger partial charge < -0.3 is 11.1 Å². The molecule has 0 aromatic heterocycles. The Bertz CT molecular complexity index is 145. The molecule has 9 heavy (non-hydrogen) atoms. The molecular weight excluding hydrogens is 112 g/mol. The second-order valence-corrected chi connectivity index (χ2v) is 1.68. The van der Waals surface area contributed by atoms with Gasteiger partial charge in [-0.2, -0.15) is 0 Å². The van der Waals surface area contributed by atoms with E-state index >= 15 is 0 Å². The molecule has 0 spiro atoms. The predicted molar refractivity (Wildman–Crippen MR) is 40.7 cm³/mol. The maximum atomic E-state index is 5.25. The zero-order valence-corrected chi connectivity index (χ0v) is 5.65. The molecule has 0 unspecified atom stereocenters. The number of likely N-dealkylation sites (N-methyl/N-ethyl adjacent to an activating group) is 1. The van der Waals surface area contributed by atoms with Crippen molar-refractivity contribution in [2.24, 2.45) is 5.73 Å². The van der Waals surface area contributed by atoms with Gasteiger partial charge in [-0.15, -0.1) is 0 Å². The van der Waals surface area contributed by atoms with Gasteiger partial charge in [0.15, 0.2) is 0 Å². The molecule has 0 aliphatic carbocycles. The Labute approximate surface area is 55.7 Å². The first-order valence-corrected chi connectivity index (χ1v) is 2.66. The molecule has 0 atom stereocenters. The molecule has 0 aromatic carbocycles. The molecule has 0 bridgehead atoms. The van der Waals surface area contributed by atoms with Gasteiger partial charge in [0.05, 0.1) is 0 Å². The lowest BCUT2D eigenvalue weighted by atomic mass is 10.4. The highest BCUT2D eigenvalue weighted by Crippen LogP contribution is 1.87. The molecule has 0 fully saturated rings. The van der Waals surface area contributed by atoms with Crippen LogP contribution in [0.15, 0.2) is 36.7 Å². The predicted octanol–water partition coefficient (Wildman–Crippen LogP) is 0.748. The van der Waals surface area contributed by atoms with Crippen LogP contribution in [0, 0.1) is 0 Å². The number of rotatable bonds is 3. The zero-order valence-electron chi connectivity index (χ0n) is 5.65. The van der Waals surface area contributed by atoms with E-state index in [1.54, 1.807) is 19.2 Å². The van der Waals surface area contributed by atoms with Crippen LogP contribution in [0.25, 0.3) is 0 Å². The van der Waals surface area contributed by atoms with Crippen LogP contribution in [0.1, 0.15) is 0 Å². The molecule has 0 aromatic rings. The van der Waals surface area contributed by atoms with E-state index in [2.05, 4.69) is 18.5 Å². The Morgan fingerprint density at radius 3 is 2.33 bits per heavy atom. The average molecular weight is 124 g/mol. The molecule has 0 aliphatic heterocycles.